The number of halogens is 1. The van der Waals surface area contributed by atoms with Crippen LogP contribution in [0.25, 0.3) is 0 Å². The standard InChI is InChI=1S/C15H17ClN2O3/c1-10-14(16)11(2)18(17-10)7-4-8-21-13-6-3-5-12(9-13)15(19)20/h3,5-6,9H,4,7-8H2,1-2H3,(H,19,20). The number of hydrogen-bond donors (Lipinski definition) is 1. The zero-order chi connectivity index (χ0) is 15.4. The van der Waals surface area contributed by atoms with Gasteiger partial charge >= 0.3 is 5.97 Å². The minimum Gasteiger partial charge on any atom is -0.494 e. The number of ether oxygens (including phenoxy) is 1. The first-order valence-corrected chi connectivity index (χ1v) is 7.02. The van der Waals surface area contributed by atoms with E-state index in [9.17, 15) is 4.79 Å². The van der Waals surface area contributed by atoms with Crippen LogP contribution in [0.4, 0.5) is 0 Å². The van der Waals surface area contributed by atoms with E-state index in [4.69, 9.17) is 21.4 Å². The molecule has 2 rings (SSSR count). The lowest BCUT2D eigenvalue weighted by molar-refractivity contribution is 0.0696. The third kappa shape index (κ3) is 3.76. The first-order chi connectivity index (χ1) is 9.99. The Hall–Kier alpha value is -2.01. The summed E-state index contributed by atoms with van der Waals surface area (Å²) in [5, 5.41) is 14.0. The van der Waals surface area contributed by atoms with E-state index < -0.39 is 5.97 Å². The summed E-state index contributed by atoms with van der Waals surface area (Å²) in [4.78, 5) is 10.9. The Labute approximate surface area is 128 Å². The summed E-state index contributed by atoms with van der Waals surface area (Å²) in [6, 6.07) is 6.46. The molecule has 112 valence electrons. The van der Waals surface area contributed by atoms with Crippen LogP contribution >= 0.6 is 11.6 Å². The average molecular weight is 309 g/mol. The van der Waals surface area contributed by atoms with Gasteiger partial charge in [0.15, 0.2) is 0 Å². The molecule has 0 radical (unpaired) electrons. The first-order valence-electron chi connectivity index (χ1n) is 6.64. The maximum Gasteiger partial charge on any atom is 0.335 e. The molecule has 0 bridgehead atoms. The van der Waals surface area contributed by atoms with E-state index in [1.807, 2.05) is 18.5 Å². The van der Waals surface area contributed by atoms with Gasteiger partial charge in [-0.1, -0.05) is 17.7 Å². The minimum absolute atomic E-state index is 0.220. The molecule has 0 amide bonds. The number of aromatic nitrogens is 2. The third-order valence-electron chi connectivity index (χ3n) is 3.16. The van der Waals surface area contributed by atoms with Gasteiger partial charge < -0.3 is 9.84 Å². The summed E-state index contributed by atoms with van der Waals surface area (Å²) in [5.41, 5.74) is 1.99. The van der Waals surface area contributed by atoms with Crippen molar-refractivity contribution in [2.24, 2.45) is 0 Å². The molecule has 0 aliphatic rings. The van der Waals surface area contributed by atoms with Crippen molar-refractivity contribution in [1.82, 2.24) is 9.78 Å². The van der Waals surface area contributed by atoms with Gasteiger partial charge in [0.2, 0.25) is 0 Å². The molecule has 0 saturated carbocycles. The van der Waals surface area contributed by atoms with Crippen LogP contribution in [-0.4, -0.2) is 27.5 Å². The van der Waals surface area contributed by atoms with Crippen molar-refractivity contribution in [3.8, 4) is 5.75 Å². The number of carboxylic acids is 1. The molecule has 21 heavy (non-hydrogen) atoms. The third-order valence-corrected chi connectivity index (χ3v) is 3.70. The van der Waals surface area contributed by atoms with Crippen molar-refractivity contribution < 1.29 is 14.6 Å². The second-order valence-electron chi connectivity index (χ2n) is 4.74. The first kappa shape index (κ1) is 15.4. The van der Waals surface area contributed by atoms with Gasteiger partial charge in [-0.2, -0.15) is 5.10 Å². The maximum atomic E-state index is 10.9. The molecule has 0 atom stereocenters. The van der Waals surface area contributed by atoms with E-state index in [1.165, 1.54) is 12.1 Å². The fourth-order valence-corrected chi connectivity index (χ4v) is 2.15. The number of carbonyl (C=O) groups is 1. The topological polar surface area (TPSA) is 64.4 Å². The Bertz CT molecular complexity index is 652. The van der Waals surface area contributed by atoms with Gasteiger partial charge in [0.05, 0.1) is 28.6 Å². The fourth-order valence-electron chi connectivity index (χ4n) is 2.02. The van der Waals surface area contributed by atoms with Crippen LogP contribution in [0.2, 0.25) is 5.02 Å². The van der Waals surface area contributed by atoms with E-state index in [-0.39, 0.29) is 5.56 Å². The van der Waals surface area contributed by atoms with E-state index >= 15 is 0 Å². The van der Waals surface area contributed by atoms with Crippen molar-refractivity contribution in [3.63, 3.8) is 0 Å². The van der Waals surface area contributed by atoms with Crippen LogP contribution in [0, 0.1) is 13.8 Å². The average Bonchev–Trinajstić information content (AvgIpc) is 2.71. The Morgan fingerprint density at radius 2 is 2.19 bits per heavy atom. The molecule has 0 aliphatic carbocycles. The molecular formula is C15H17ClN2O3. The van der Waals surface area contributed by atoms with Gasteiger partial charge in [-0.05, 0) is 32.0 Å². The predicted molar refractivity (Wildman–Crippen MR) is 80.2 cm³/mol. The lowest BCUT2D eigenvalue weighted by Gasteiger charge is -2.08. The van der Waals surface area contributed by atoms with Crippen LogP contribution in [0.3, 0.4) is 0 Å². The minimum atomic E-state index is -0.960. The summed E-state index contributed by atoms with van der Waals surface area (Å²) in [5.74, 6) is -0.404. The Morgan fingerprint density at radius 1 is 1.43 bits per heavy atom. The summed E-state index contributed by atoms with van der Waals surface area (Å²) >= 11 is 6.08. The normalized spacial score (nSPS) is 10.6. The molecule has 6 heteroatoms. The highest BCUT2D eigenvalue weighted by Gasteiger charge is 2.08. The number of benzene rings is 1. The molecule has 2 aromatic rings. The van der Waals surface area contributed by atoms with Crippen molar-refractivity contribution in [2.75, 3.05) is 6.61 Å². The summed E-state index contributed by atoms with van der Waals surface area (Å²) < 4.78 is 7.41. The highest BCUT2D eigenvalue weighted by molar-refractivity contribution is 6.31. The van der Waals surface area contributed by atoms with Crippen molar-refractivity contribution in [1.29, 1.82) is 0 Å². The van der Waals surface area contributed by atoms with E-state index in [0.29, 0.717) is 23.9 Å². The molecule has 1 aromatic carbocycles. The molecule has 1 heterocycles. The Balaban J connectivity index is 1.86. The van der Waals surface area contributed by atoms with Gasteiger partial charge in [0.25, 0.3) is 0 Å². The van der Waals surface area contributed by atoms with E-state index in [0.717, 1.165) is 17.8 Å². The number of hydrogen-bond acceptors (Lipinski definition) is 3. The number of rotatable bonds is 6. The molecule has 5 nitrogen and oxygen atoms in total. The predicted octanol–water partition coefficient (Wildman–Crippen LogP) is 3.32. The highest BCUT2D eigenvalue weighted by Crippen LogP contribution is 2.19. The lowest BCUT2D eigenvalue weighted by Crippen LogP contribution is -2.07. The molecular weight excluding hydrogens is 292 g/mol. The fraction of sp³-hybridized carbons (Fsp3) is 0.333. The largest absolute Gasteiger partial charge is 0.494 e. The Morgan fingerprint density at radius 3 is 2.81 bits per heavy atom. The molecule has 0 unspecified atom stereocenters. The molecule has 0 spiro atoms. The molecule has 0 saturated heterocycles. The monoisotopic (exact) mass is 308 g/mol. The van der Waals surface area contributed by atoms with E-state index in [2.05, 4.69) is 5.10 Å². The maximum absolute atomic E-state index is 10.9. The van der Waals surface area contributed by atoms with Gasteiger partial charge in [0, 0.05) is 13.0 Å². The molecule has 1 aromatic heterocycles. The van der Waals surface area contributed by atoms with Gasteiger partial charge in [-0.3, -0.25) is 4.68 Å². The van der Waals surface area contributed by atoms with Crippen LogP contribution in [0.15, 0.2) is 24.3 Å². The van der Waals surface area contributed by atoms with Crippen molar-refractivity contribution in [3.05, 3.63) is 46.2 Å². The van der Waals surface area contributed by atoms with Crippen LogP contribution in [0.1, 0.15) is 28.2 Å². The van der Waals surface area contributed by atoms with Crippen LogP contribution in [0.5, 0.6) is 5.75 Å². The zero-order valence-electron chi connectivity index (χ0n) is 12.0. The quantitative estimate of drug-likeness (QED) is 0.831. The SMILES string of the molecule is Cc1nn(CCCOc2cccc(C(=O)O)c2)c(C)c1Cl. The molecule has 0 fully saturated rings. The number of carboxylic acid groups (broad SMARTS) is 1. The smallest absolute Gasteiger partial charge is 0.335 e. The second kappa shape index (κ2) is 6.63. The summed E-state index contributed by atoms with van der Waals surface area (Å²) in [7, 11) is 0. The number of nitrogens with zero attached hydrogens (tertiary/aromatic N) is 2. The van der Waals surface area contributed by atoms with E-state index in [1.54, 1.807) is 12.1 Å². The second-order valence-corrected chi connectivity index (χ2v) is 5.12. The highest BCUT2D eigenvalue weighted by atomic mass is 35.5. The van der Waals surface area contributed by atoms with Gasteiger partial charge in [-0.15, -0.1) is 0 Å². The van der Waals surface area contributed by atoms with Crippen LogP contribution < -0.4 is 4.74 Å². The Kier molecular flexibility index (Phi) is 4.85. The van der Waals surface area contributed by atoms with Gasteiger partial charge in [-0.25, -0.2) is 4.79 Å². The number of aryl methyl sites for hydroxylation is 2. The van der Waals surface area contributed by atoms with Gasteiger partial charge in [0.1, 0.15) is 5.75 Å². The van der Waals surface area contributed by atoms with Crippen molar-refractivity contribution >= 4 is 17.6 Å². The van der Waals surface area contributed by atoms with Crippen molar-refractivity contribution in [2.45, 2.75) is 26.8 Å². The summed E-state index contributed by atoms with van der Waals surface area (Å²) in [6.07, 6.45) is 0.760. The molecule has 0 aliphatic heterocycles. The number of aromatic carboxylic acids is 1. The summed E-state index contributed by atoms with van der Waals surface area (Å²) in [6.45, 7) is 5.00. The van der Waals surface area contributed by atoms with Crippen LogP contribution in [-0.2, 0) is 6.54 Å². The zero-order valence-corrected chi connectivity index (χ0v) is 12.7. The lowest BCUT2D eigenvalue weighted by atomic mass is 10.2. The molecule has 1 N–H and O–H groups in total.